The topological polar surface area (TPSA) is 58.6 Å². The number of hydrogen-bond donors (Lipinski definition) is 2. The molecule has 1 aliphatic heterocycles. The molecular formula is C10H7ClF3NO3. The van der Waals surface area contributed by atoms with Gasteiger partial charge in [-0.2, -0.15) is 13.2 Å². The number of aliphatic hydroxyl groups excluding tert-OH is 1. The highest BCUT2D eigenvalue weighted by molar-refractivity contribution is 6.30. The normalized spacial score (nSPS) is 23.1. The van der Waals surface area contributed by atoms with Crippen LogP contribution in [-0.4, -0.2) is 24.0 Å². The van der Waals surface area contributed by atoms with Crippen LogP contribution in [0, 0.1) is 0 Å². The lowest BCUT2D eigenvalue weighted by Crippen LogP contribution is -2.52. The van der Waals surface area contributed by atoms with Crippen molar-refractivity contribution in [2.45, 2.75) is 11.8 Å². The summed E-state index contributed by atoms with van der Waals surface area (Å²) in [6, 6.07) is 3.54. The van der Waals surface area contributed by atoms with Crippen molar-refractivity contribution in [2.75, 3.05) is 11.9 Å². The monoisotopic (exact) mass is 281 g/mol. The Morgan fingerprint density at radius 3 is 2.67 bits per heavy atom. The van der Waals surface area contributed by atoms with Crippen LogP contribution in [0.2, 0.25) is 5.02 Å². The van der Waals surface area contributed by atoms with Gasteiger partial charge in [-0.25, -0.2) is 4.79 Å². The Morgan fingerprint density at radius 1 is 1.44 bits per heavy atom. The molecule has 2 rings (SSSR count). The van der Waals surface area contributed by atoms with Crippen LogP contribution in [0.1, 0.15) is 5.56 Å². The minimum absolute atomic E-state index is 0.0376. The Bertz CT molecular complexity index is 506. The van der Waals surface area contributed by atoms with Crippen molar-refractivity contribution in [3.05, 3.63) is 28.8 Å². The van der Waals surface area contributed by atoms with E-state index in [1.54, 1.807) is 0 Å². The third-order valence-electron chi connectivity index (χ3n) is 2.60. The van der Waals surface area contributed by atoms with Crippen molar-refractivity contribution in [2.24, 2.45) is 0 Å². The molecule has 98 valence electrons. The van der Waals surface area contributed by atoms with Gasteiger partial charge in [-0.05, 0) is 18.2 Å². The van der Waals surface area contributed by atoms with Gasteiger partial charge in [0.25, 0.3) is 5.60 Å². The summed E-state index contributed by atoms with van der Waals surface area (Å²) in [6.45, 7) is -1.42. The number of aliphatic hydroxyl groups is 1. The quantitative estimate of drug-likeness (QED) is 0.832. The zero-order valence-electron chi connectivity index (χ0n) is 8.71. The first kappa shape index (κ1) is 13.0. The molecule has 1 aromatic carbocycles. The van der Waals surface area contributed by atoms with Crippen LogP contribution in [-0.2, 0) is 10.3 Å². The van der Waals surface area contributed by atoms with Crippen molar-refractivity contribution in [3.63, 3.8) is 0 Å². The number of anilines is 1. The van der Waals surface area contributed by atoms with Crippen molar-refractivity contribution in [3.8, 4) is 0 Å². The predicted molar refractivity (Wildman–Crippen MR) is 56.4 cm³/mol. The molecule has 0 saturated carbocycles. The highest BCUT2D eigenvalue weighted by Gasteiger charge is 2.62. The molecule has 0 bridgehead atoms. The highest BCUT2D eigenvalue weighted by atomic mass is 35.5. The molecule has 2 N–H and O–H groups in total. The zero-order chi connectivity index (χ0) is 13.6. The second kappa shape index (κ2) is 4.03. The Kier molecular flexibility index (Phi) is 2.90. The molecule has 0 aliphatic carbocycles. The zero-order valence-corrected chi connectivity index (χ0v) is 9.47. The first-order chi connectivity index (χ1) is 8.30. The minimum Gasteiger partial charge on any atom is -0.425 e. The lowest BCUT2D eigenvalue weighted by molar-refractivity contribution is -0.275. The van der Waals surface area contributed by atoms with Crippen molar-refractivity contribution >= 4 is 23.4 Å². The molecule has 0 spiro atoms. The molecule has 8 heteroatoms. The maximum atomic E-state index is 13.1. The molecule has 0 aromatic heterocycles. The Balaban J connectivity index is 2.69. The van der Waals surface area contributed by atoms with Gasteiger partial charge in [0.05, 0.1) is 12.3 Å². The molecular weight excluding hydrogens is 275 g/mol. The van der Waals surface area contributed by atoms with Gasteiger partial charge in [0.15, 0.2) is 0 Å². The number of cyclic esters (lactones) is 1. The third kappa shape index (κ3) is 1.79. The second-order valence-corrected chi connectivity index (χ2v) is 4.12. The van der Waals surface area contributed by atoms with E-state index in [0.717, 1.165) is 6.07 Å². The van der Waals surface area contributed by atoms with Crippen LogP contribution >= 0.6 is 11.6 Å². The molecule has 0 saturated heterocycles. The van der Waals surface area contributed by atoms with E-state index in [2.05, 4.69) is 10.1 Å². The van der Waals surface area contributed by atoms with Gasteiger partial charge < -0.3 is 9.84 Å². The molecule has 1 aromatic rings. The van der Waals surface area contributed by atoms with E-state index in [1.807, 2.05) is 0 Å². The molecule has 1 aliphatic rings. The van der Waals surface area contributed by atoms with Crippen molar-refractivity contribution < 1.29 is 27.8 Å². The fourth-order valence-corrected chi connectivity index (χ4v) is 1.90. The molecule has 1 atom stereocenters. The number of rotatable bonds is 1. The number of carbonyl (C=O) groups is 1. The van der Waals surface area contributed by atoms with Gasteiger partial charge in [-0.1, -0.05) is 11.6 Å². The maximum Gasteiger partial charge on any atom is 0.435 e. The highest BCUT2D eigenvalue weighted by Crippen LogP contribution is 2.47. The number of benzene rings is 1. The van der Waals surface area contributed by atoms with Crippen LogP contribution in [0.3, 0.4) is 0 Å². The van der Waals surface area contributed by atoms with E-state index in [9.17, 15) is 18.0 Å². The van der Waals surface area contributed by atoms with Crippen LogP contribution in [0.25, 0.3) is 0 Å². The van der Waals surface area contributed by atoms with Crippen LogP contribution < -0.4 is 5.32 Å². The fourth-order valence-electron chi connectivity index (χ4n) is 1.73. The van der Waals surface area contributed by atoms with E-state index in [1.165, 1.54) is 12.1 Å². The molecule has 1 amide bonds. The summed E-state index contributed by atoms with van der Waals surface area (Å²) in [5.41, 5.74) is -3.61. The average molecular weight is 282 g/mol. The van der Waals surface area contributed by atoms with Crippen molar-refractivity contribution in [1.82, 2.24) is 0 Å². The van der Waals surface area contributed by atoms with E-state index < -0.39 is 30.0 Å². The van der Waals surface area contributed by atoms with E-state index in [-0.39, 0.29) is 10.7 Å². The van der Waals surface area contributed by atoms with Crippen molar-refractivity contribution in [1.29, 1.82) is 0 Å². The Morgan fingerprint density at radius 2 is 2.11 bits per heavy atom. The van der Waals surface area contributed by atoms with Crippen LogP contribution in [0.5, 0.6) is 0 Å². The number of ether oxygens (including phenoxy) is 1. The van der Waals surface area contributed by atoms with E-state index in [0.29, 0.717) is 0 Å². The number of fused-ring (bicyclic) bond motifs is 1. The number of nitrogens with one attached hydrogen (secondary N) is 1. The minimum atomic E-state index is -4.96. The molecule has 0 unspecified atom stereocenters. The summed E-state index contributed by atoms with van der Waals surface area (Å²) in [4.78, 5) is 11.2. The fraction of sp³-hybridized carbons (Fsp3) is 0.300. The summed E-state index contributed by atoms with van der Waals surface area (Å²) in [6.07, 6.45) is -6.24. The van der Waals surface area contributed by atoms with Crippen LogP contribution in [0.4, 0.5) is 23.7 Å². The average Bonchev–Trinajstić information content (AvgIpc) is 2.27. The number of alkyl halides is 3. The molecule has 18 heavy (non-hydrogen) atoms. The molecule has 1 heterocycles. The van der Waals surface area contributed by atoms with Crippen LogP contribution in [0.15, 0.2) is 18.2 Å². The Hall–Kier alpha value is -1.47. The number of carbonyl (C=O) groups excluding carboxylic acids is 1. The first-order valence-corrected chi connectivity index (χ1v) is 5.15. The number of halogens is 4. The molecule has 0 radical (unpaired) electrons. The second-order valence-electron chi connectivity index (χ2n) is 3.69. The Labute approximate surface area is 104 Å². The lowest BCUT2D eigenvalue weighted by atomic mass is 9.91. The van der Waals surface area contributed by atoms with Gasteiger partial charge in [-0.15, -0.1) is 0 Å². The summed E-state index contributed by atoms with van der Waals surface area (Å²) in [7, 11) is 0. The summed E-state index contributed by atoms with van der Waals surface area (Å²) in [5, 5.41) is 11.2. The number of amides is 1. The number of hydrogen-bond acceptors (Lipinski definition) is 3. The molecule has 0 fully saturated rings. The van der Waals surface area contributed by atoms with Gasteiger partial charge in [-0.3, -0.25) is 5.32 Å². The summed E-state index contributed by atoms with van der Waals surface area (Å²) in [5.74, 6) is 0. The standard InChI is InChI=1S/C10H7ClF3NO3/c11-5-1-2-7-6(3-5)9(4-16,10(12,13)14)18-8(17)15-7/h1-3,16H,4H2,(H,15,17)/t9-/m0/s1. The van der Waals surface area contributed by atoms with E-state index in [4.69, 9.17) is 16.7 Å². The largest absolute Gasteiger partial charge is 0.435 e. The smallest absolute Gasteiger partial charge is 0.425 e. The van der Waals surface area contributed by atoms with Gasteiger partial charge in [0.2, 0.25) is 0 Å². The predicted octanol–water partition coefficient (Wildman–Crippen LogP) is 2.65. The SMILES string of the molecule is O=C1Nc2ccc(Cl)cc2[C@@](CO)(C(F)(F)F)O1. The van der Waals surface area contributed by atoms with Gasteiger partial charge in [0, 0.05) is 10.6 Å². The molecule has 4 nitrogen and oxygen atoms in total. The lowest BCUT2D eigenvalue weighted by Gasteiger charge is -2.38. The van der Waals surface area contributed by atoms with Gasteiger partial charge in [0.1, 0.15) is 0 Å². The van der Waals surface area contributed by atoms with E-state index >= 15 is 0 Å². The maximum absolute atomic E-state index is 13.1. The third-order valence-corrected chi connectivity index (χ3v) is 2.84. The summed E-state index contributed by atoms with van der Waals surface area (Å²) >= 11 is 5.63. The van der Waals surface area contributed by atoms with Gasteiger partial charge >= 0.3 is 12.3 Å². The summed E-state index contributed by atoms with van der Waals surface area (Å²) < 4.78 is 43.5. The first-order valence-electron chi connectivity index (χ1n) is 4.78.